The zero-order valence-corrected chi connectivity index (χ0v) is 13.4. The number of carbonyl (C=O) groups is 1. The number of amides is 1. The minimum absolute atomic E-state index is 0.332. The minimum atomic E-state index is -3.38. The van der Waals surface area contributed by atoms with Gasteiger partial charge in [-0.05, 0) is 31.0 Å². The molecule has 1 atom stereocenters. The molecule has 1 saturated heterocycles. The van der Waals surface area contributed by atoms with Crippen molar-refractivity contribution in [2.75, 3.05) is 18.1 Å². The summed E-state index contributed by atoms with van der Waals surface area (Å²) in [5, 5.41) is 6.79. The largest absolute Gasteiger partial charge is 0.323 e. The molecule has 1 aliphatic heterocycles. The monoisotopic (exact) mass is 335 g/mol. The predicted octanol–water partition coefficient (Wildman–Crippen LogP) is 0.630. The molecule has 1 amide bonds. The van der Waals surface area contributed by atoms with E-state index in [9.17, 15) is 13.2 Å². The molecule has 3 rings (SSSR count). The third kappa shape index (κ3) is 3.40. The molecule has 1 aliphatic rings. The van der Waals surface area contributed by atoms with Crippen molar-refractivity contribution in [1.29, 1.82) is 0 Å². The van der Waals surface area contributed by atoms with Gasteiger partial charge in [0.2, 0.25) is 15.9 Å². The maximum Gasteiger partial charge on any atom is 0.242 e. The first-order chi connectivity index (χ1) is 10.9. The van der Waals surface area contributed by atoms with Crippen LogP contribution in [-0.4, -0.2) is 52.2 Å². The Morgan fingerprint density at radius 3 is 2.83 bits per heavy atom. The predicted molar refractivity (Wildman–Crippen MR) is 84.6 cm³/mol. The molecule has 0 saturated carbocycles. The van der Waals surface area contributed by atoms with Crippen LogP contribution >= 0.6 is 0 Å². The lowest BCUT2D eigenvalue weighted by Crippen LogP contribution is -2.42. The molecule has 2 aromatic rings. The van der Waals surface area contributed by atoms with Crippen LogP contribution in [0, 0.1) is 0 Å². The van der Waals surface area contributed by atoms with Crippen LogP contribution in [-0.2, 0) is 14.8 Å². The smallest absolute Gasteiger partial charge is 0.242 e. The Labute approximate surface area is 134 Å². The highest BCUT2D eigenvalue weighted by Crippen LogP contribution is 2.21. The van der Waals surface area contributed by atoms with E-state index in [1.54, 1.807) is 35.3 Å². The van der Waals surface area contributed by atoms with Gasteiger partial charge in [-0.25, -0.2) is 18.1 Å². The maximum absolute atomic E-state index is 12.3. The highest BCUT2D eigenvalue weighted by atomic mass is 32.2. The molecule has 3 heterocycles. The molecular weight excluding hydrogens is 318 g/mol. The van der Waals surface area contributed by atoms with Crippen molar-refractivity contribution >= 4 is 21.6 Å². The van der Waals surface area contributed by atoms with Gasteiger partial charge in [0.05, 0.1) is 18.1 Å². The standard InChI is InChI=1S/C14H17N5O3S/c1-23(21,22)19-9-2-4-12(19)14(20)17-11-5-6-13(15-10-11)18-8-3-7-16-18/h3,5-8,10,12H,2,4,9H2,1H3,(H,17,20). The normalized spacial score (nSPS) is 18.9. The highest BCUT2D eigenvalue weighted by Gasteiger charge is 2.36. The number of hydrogen-bond donors (Lipinski definition) is 1. The second-order valence-corrected chi connectivity index (χ2v) is 7.31. The van der Waals surface area contributed by atoms with E-state index in [2.05, 4.69) is 15.4 Å². The molecule has 122 valence electrons. The van der Waals surface area contributed by atoms with E-state index in [1.807, 2.05) is 0 Å². The Morgan fingerprint density at radius 2 is 2.22 bits per heavy atom. The average Bonchev–Trinajstić information content (AvgIpc) is 3.19. The zero-order valence-electron chi connectivity index (χ0n) is 12.6. The Bertz CT molecular complexity index is 786. The highest BCUT2D eigenvalue weighted by molar-refractivity contribution is 7.88. The van der Waals surface area contributed by atoms with E-state index in [-0.39, 0.29) is 5.91 Å². The molecule has 0 bridgehead atoms. The van der Waals surface area contributed by atoms with Gasteiger partial charge >= 0.3 is 0 Å². The van der Waals surface area contributed by atoms with Gasteiger partial charge in [-0.2, -0.15) is 9.40 Å². The summed E-state index contributed by atoms with van der Waals surface area (Å²) in [5.41, 5.74) is 0.520. The summed E-state index contributed by atoms with van der Waals surface area (Å²) in [7, 11) is -3.38. The third-order valence-electron chi connectivity index (χ3n) is 3.69. The molecule has 1 N–H and O–H groups in total. The molecule has 2 aromatic heterocycles. The van der Waals surface area contributed by atoms with E-state index in [0.717, 1.165) is 6.26 Å². The van der Waals surface area contributed by atoms with E-state index < -0.39 is 16.1 Å². The van der Waals surface area contributed by atoms with Gasteiger partial charge in [0.1, 0.15) is 6.04 Å². The van der Waals surface area contributed by atoms with Crippen LogP contribution in [0.2, 0.25) is 0 Å². The molecule has 23 heavy (non-hydrogen) atoms. The van der Waals surface area contributed by atoms with Crippen LogP contribution < -0.4 is 5.32 Å². The topological polar surface area (TPSA) is 97.2 Å². The van der Waals surface area contributed by atoms with Crippen molar-refractivity contribution in [1.82, 2.24) is 19.1 Å². The maximum atomic E-state index is 12.3. The molecular formula is C14H17N5O3S. The fourth-order valence-electron chi connectivity index (χ4n) is 2.62. The van der Waals surface area contributed by atoms with Gasteiger partial charge in [-0.1, -0.05) is 0 Å². The molecule has 0 spiro atoms. The van der Waals surface area contributed by atoms with Gasteiger partial charge in [0.25, 0.3) is 0 Å². The van der Waals surface area contributed by atoms with Crippen molar-refractivity contribution < 1.29 is 13.2 Å². The summed E-state index contributed by atoms with van der Waals surface area (Å²) in [4.78, 5) is 16.5. The summed E-state index contributed by atoms with van der Waals surface area (Å²) in [6.07, 6.45) is 7.27. The van der Waals surface area contributed by atoms with Crippen molar-refractivity contribution in [3.05, 3.63) is 36.8 Å². The number of carbonyl (C=O) groups excluding carboxylic acids is 1. The fraction of sp³-hybridized carbons (Fsp3) is 0.357. The van der Waals surface area contributed by atoms with Crippen molar-refractivity contribution in [3.63, 3.8) is 0 Å². The lowest BCUT2D eigenvalue weighted by Gasteiger charge is -2.21. The Hall–Kier alpha value is -2.26. The van der Waals surface area contributed by atoms with Crippen molar-refractivity contribution in [2.45, 2.75) is 18.9 Å². The van der Waals surface area contributed by atoms with Gasteiger partial charge in [0, 0.05) is 18.9 Å². The lowest BCUT2D eigenvalue weighted by atomic mass is 10.2. The number of pyridine rings is 1. The summed E-state index contributed by atoms with van der Waals surface area (Å²) in [6.45, 7) is 0.382. The molecule has 1 fully saturated rings. The second-order valence-electron chi connectivity index (χ2n) is 5.38. The van der Waals surface area contributed by atoms with Crippen LogP contribution in [0.5, 0.6) is 0 Å². The van der Waals surface area contributed by atoms with Gasteiger partial charge in [-0.15, -0.1) is 0 Å². The van der Waals surface area contributed by atoms with Crippen LogP contribution in [0.3, 0.4) is 0 Å². The van der Waals surface area contributed by atoms with E-state index in [4.69, 9.17) is 0 Å². The van der Waals surface area contributed by atoms with Gasteiger partial charge < -0.3 is 5.32 Å². The quantitative estimate of drug-likeness (QED) is 0.884. The number of nitrogens with zero attached hydrogens (tertiary/aromatic N) is 4. The SMILES string of the molecule is CS(=O)(=O)N1CCCC1C(=O)Nc1ccc(-n2cccn2)nc1. The first kappa shape index (κ1) is 15.6. The lowest BCUT2D eigenvalue weighted by molar-refractivity contribution is -0.119. The molecule has 0 aliphatic carbocycles. The number of rotatable bonds is 4. The van der Waals surface area contributed by atoms with Crippen molar-refractivity contribution in [2.24, 2.45) is 0 Å². The number of hydrogen-bond acceptors (Lipinski definition) is 5. The van der Waals surface area contributed by atoms with E-state index in [1.165, 1.54) is 10.5 Å². The van der Waals surface area contributed by atoms with Crippen LogP contribution in [0.25, 0.3) is 5.82 Å². The van der Waals surface area contributed by atoms with Crippen molar-refractivity contribution in [3.8, 4) is 5.82 Å². The average molecular weight is 335 g/mol. The Balaban J connectivity index is 1.70. The summed E-state index contributed by atoms with van der Waals surface area (Å²) in [6, 6.07) is 4.57. The summed E-state index contributed by atoms with van der Waals surface area (Å²) in [5.74, 6) is 0.299. The van der Waals surface area contributed by atoms with Gasteiger partial charge in [-0.3, -0.25) is 4.79 Å². The van der Waals surface area contributed by atoms with Crippen LogP contribution in [0.15, 0.2) is 36.8 Å². The zero-order chi connectivity index (χ0) is 16.4. The molecule has 9 heteroatoms. The first-order valence-corrected chi connectivity index (χ1v) is 9.04. The molecule has 0 radical (unpaired) electrons. The number of anilines is 1. The Kier molecular flexibility index (Phi) is 4.14. The molecule has 8 nitrogen and oxygen atoms in total. The third-order valence-corrected chi connectivity index (χ3v) is 4.98. The number of sulfonamides is 1. The summed E-state index contributed by atoms with van der Waals surface area (Å²) >= 11 is 0. The summed E-state index contributed by atoms with van der Waals surface area (Å²) < 4.78 is 26.3. The van der Waals surface area contributed by atoms with E-state index in [0.29, 0.717) is 30.9 Å². The Morgan fingerprint density at radius 1 is 1.39 bits per heavy atom. The number of nitrogens with one attached hydrogen (secondary N) is 1. The molecule has 0 aromatic carbocycles. The number of aromatic nitrogens is 3. The fourth-order valence-corrected chi connectivity index (χ4v) is 3.75. The first-order valence-electron chi connectivity index (χ1n) is 7.19. The van der Waals surface area contributed by atoms with Crippen LogP contribution in [0.1, 0.15) is 12.8 Å². The second kappa shape index (κ2) is 6.09. The molecule has 1 unspecified atom stereocenters. The van der Waals surface area contributed by atoms with Crippen LogP contribution in [0.4, 0.5) is 5.69 Å². The minimum Gasteiger partial charge on any atom is -0.323 e. The van der Waals surface area contributed by atoms with E-state index >= 15 is 0 Å². The van der Waals surface area contributed by atoms with Gasteiger partial charge in [0.15, 0.2) is 5.82 Å².